The number of benzene rings is 1. The van der Waals surface area contributed by atoms with Gasteiger partial charge in [0, 0.05) is 19.3 Å². The van der Waals surface area contributed by atoms with Crippen molar-refractivity contribution in [1.29, 1.82) is 5.26 Å². The molecular formula is C21H14Cl2F3N5O2. The van der Waals surface area contributed by atoms with E-state index in [0.29, 0.717) is 0 Å². The zero-order chi connectivity index (χ0) is 23.9. The van der Waals surface area contributed by atoms with Crippen LogP contribution >= 0.6 is 23.2 Å². The number of nitriles is 1. The van der Waals surface area contributed by atoms with E-state index >= 15 is 0 Å². The van der Waals surface area contributed by atoms with E-state index in [2.05, 4.69) is 4.98 Å². The molecule has 7 nitrogen and oxygen atoms in total. The minimum atomic E-state index is -2.58. The molecule has 0 atom stereocenters. The van der Waals surface area contributed by atoms with Crippen molar-refractivity contribution in [2.75, 3.05) is 18.0 Å². The Morgan fingerprint density at radius 2 is 1.91 bits per heavy atom. The molecule has 3 aromatic rings. The van der Waals surface area contributed by atoms with E-state index in [4.69, 9.17) is 23.2 Å². The highest BCUT2D eigenvalue weighted by molar-refractivity contribution is 6.31. The van der Waals surface area contributed by atoms with Crippen molar-refractivity contribution in [3.8, 4) is 22.9 Å². The zero-order valence-corrected chi connectivity index (χ0v) is 18.2. The third-order valence-electron chi connectivity index (χ3n) is 5.27. The maximum Gasteiger partial charge on any atom is 0.338 e. The van der Waals surface area contributed by atoms with E-state index < -0.39 is 36.0 Å². The highest BCUT2D eigenvalue weighted by Crippen LogP contribution is 2.35. The number of aromatic nitrogens is 3. The van der Waals surface area contributed by atoms with Crippen LogP contribution in [0.5, 0.6) is 0 Å². The maximum absolute atomic E-state index is 13.8. The molecule has 4 rings (SSSR count). The first-order valence-electron chi connectivity index (χ1n) is 9.59. The van der Waals surface area contributed by atoms with Gasteiger partial charge in [0.25, 0.3) is 5.56 Å². The fourth-order valence-electron chi connectivity index (χ4n) is 3.68. The third-order valence-corrected chi connectivity index (χ3v) is 5.77. The van der Waals surface area contributed by atoms with Crippen molar-refractivity contribution in [2.45, 2.75) is 13.0 Å². The molecule has 0 N–H and O–H groups in total. The molecule has 170 valence electrons. The third kappa shape index (κ3) is 4.10. The van der Waals surface area contributed by atoms with Gasteiger partial charge >= 0.3 is 5.69 Å². The quantitative estimate of drug-likeness (QED) is 0.538. The van der Waals surface area contributed by atoms with Crippen molar-refractivity contribution in [1.82, 2.24) is 14.1 Å². The van der Waals surface area contributed by atoms with Crippen LogP contribution in [0.3, 0.4) is 0 Å². The molecule has 0 radical (unpaired) electrons. The molecule has 1 fully saturated rings. The lowest BCUT2D eigenvalue weighted by atomic mass is 9.98. The normalized spacial score (nSPS) is 13.8. The summed E-state index contributed by atoms with van der Waals surface area (Å²) in [6.45, 7) is -0.737. The van der Waals surface area contributed by atoms with Gasteiger partial charge in [-0.05, 0) is 23.8 Å². The summed E-state index contributed by atoms with van der Waals surface area (Å²) in [5.74, 6) is -1.70. The molecule has 2 aromatic heterocycles. The Bertz CT molecular complexity index is 1390. The maximum atomic E-state index is 13.8. The highest BCUT2D eigenvalue weighted by atomic mass is 35.5. The highest BCUT2D eigenvalue weighted by Gasteiger charge is 2.38. The summed E-state index contributed by atoms with van der Waals surface area (Å²) >= 11 is 11.9. The van der Waals surface area contributed by atoms with Gasteiger partial charge in [-0.1, -0.05) is 29.3 Å². The van der Waals surface area contributed by atoms with Crippen LogP contribution < -0.4 is 16.1 Å². The van der Waals surface area contributed by atoms with Gasteiger partial charge in [0.2, 0.25) is 6.43 Å². The topological polar surface area (TPSA) is 83.9 Å². The van der Waals surface area contributed by atoms with Crippen LogP contribution in [0, 0.1) is 23.1 Å². The Labute approximate surface area is 194 Å². The summed E-state index contributed by atoms with van der Waals surface area (Å²) in [4.78, 5) is 32.3. The van der Waals surface area contributed by atoms with Crippen LogP contribution in [0.15, 0.2) is 46.2 Å². The largest absolute Gasteiger partial charge is 0.356 e. The van der Waals surface area contributed by atoms with Gasteiger partial charge in [0.1, 0.15) is 18.2 Å². The first-order chi connectivity index (χ1) is 15.7. The number of nitrogens with zero attached hydrogens (tertiary/aromatic N) is 5. The first-order valence-corrected chi connectivity index (χ1v) is 10.3. The van der Waals surface area contributed by atoms with E-state index in [1.165, 1.54) is 35.5 Å². The van der Waals surface area contributed by atoms with Gasteiger partial charge < -0.3 is 4.90 Å². The van der Waals surface area contributed by atoms with Crippen LogP contribution in [-0.4, -0.2) is 33.6 Å². The van der Waals surface area contributed by atoms with Crippen molar-refractivity contribution in [2.24, 2.45) is 5.92 Å². The molecule has 12 heteroatoms. The number of alkyl halides is 2. The Balaban J connectivity index is 2.06. The van der Waals surface area contributed by atoms with E-state index in [0.717, 1.165) is 15.2 Å². The summed E-state index contributed by atoms with van der Waals surface area (Å²) in [6.07, 6.45) is -0.0362. The van der Waals surface area contributed by atoms with Gasteiger partial charge in [0.15, 0.2) is 0 Å². The van der Waals surface area contributed by atoms with Crippen molar-refractivity contribution in [3.05, 3.63) is 73.4 Å². The number of anilines is 1. The lowest BCUT2D eigenvalue weighted by Gasteiger charge is -2.42. The second-order valence-electron chi connectivity index (χ2n) is 7.36. The summed E-state index contributed by atoms with van der Waals surface area (Å²) < 4.78 is 41.9. The smallest absolute Gasteiger partial charge is 0.338 e. The first kappa shape index (κ1) is 22.9. The Morgan fingerprint density at radius 1 is 1.18 bits per heavy atom. The number of rotatable bonds is 5. The van der Waals surface area contributed by atoms with E-state index in [9.17, 15) is 28.0 Å². The van der Waals surface area contributed by atoms with Crippen LogP contribution in [-0.2, 0) is 6.54 Å². The van der Waals surface area contributed by atoms with E-state index in [1.807, 2.05) is 6.07 Å². The van der Waals surface area contributed by atoms with Crippen LogP contribution in [0.25, 0.3) is 16.8 Å². The molecule has 1 saturated heterocycles. The average molecular weight is 496 g/mol. The Kier molecular flexibility index (Phi) is 6.19. The second kappa shape index (κ2) is 8.92. The molecule has 1 aliphatic heterocycles. The molecule has 1 aromatic carbocycles. The van der Waals surface area contributed by atoms with Crippen molar-refractivity contribution in [3.63, 3.8) is 0 Å². The summed E-state index contributed by atoms with van der Waals surface area (Å²) in [5, 5.41) is 9.24. The zero-order valence-electron chi connectivity index (χ0n) is 16.7. The van der Waals surface area contributed by atoms with Crippen LogP contribution in [0.2, 0.25) is 10.0 Å². The number of hydrogen-bond acceptors (Lipinski definition) is 5. The lowest BCUT2D eigenvalue weighted by Crippen LogP contribution is -2.54. The number of hydrogen-bond donors (Lipinski definition) is 0. The molecule has 3 heterocycles. The van der Waals surface area contributed by atoms with Gasteiger partial charge in [-0.15, -0.1) is 0 Å². The molecule has 0 amide bonds. The minimum absolute atomic E-state index is 0.0163. The number of pyridine rings is 1. The molecule has 0 unspecified atom stereocenters. The van der Waals surface area contributed by atoms with Crippen molar-refractivity contribution >= 4 is 29.0 Å². The van der Waals surface area contributed by atoms with Crippen LogP contribution in [0.1, 0.15) is 0 Å². The predicted molar refractivity (Wildman–Crippen MR) is 117 cm³/mol. The summed E-state index contributed by atoms with van der Waals surface area (Å²) in [5.41, 5.74) is -1.61. The molecule has 0 saturated carbocycles. The van der Waals surface area contributed by atoms with Gasteiger partial charge in [0.05, 0.1) is 39.5 Å². The lowest BCUT2D eigenvalue weighted by molar-refractivity contribution is 0.0608. The monoisotopic (exact) mass is 495 g/mol. The van der Waals surface area contributed by atoms with Gasteiger partial charge in [-0.25, -0.2) is 22.5 Å². The molecule has 1 aliphatic rings. The molecule has 0 bridgehead atoms. The fourth-order valence-corrected chi connectivity index (χ4v) is 4.03. The fraction of sp³-hybridized carbons (Fsp3) is 0.238. The summed E-state index contributed by atoms with van der Waals surface area (Å²) in [6, 6.07) is 6.72. The van der Waals surface area contributed by atoms with Crippen LogP contribution in [0.4, 0.5) is 19.0 Å². The number of halogens is 5. The van der Waals surface area contributed by atoms with E-state index in [-0.39, 0.29) is 45.8 Å². The van der Waals surface area contributed by atoms with Crippen molar-refractivity contribution < 1.29 is 13.2 Å². The predicted octanol–water partition coefficient (Wildman–Crippen LogP) is 3.73. The Hall–Kier alpha value is -3.29. The SMILES string of the molecule is N#CCn1c(N2CC(C(F)F)C2)c(-c2ccc(F)c(Cl)c2)c(=O)n(-c2cncc(Cl)c2)c1=O. The standard InChI is InChI=1S/C21H14Cl2F3N5O2/c22-13-6-14(8-28-7-13)31-20(32)17(11-1-2-16(24)15(23)5-11)19(30(4-3-27)21(31)33)29-9-12(10-29)18(25)26/h1-2,5-8,12,18H,4,9-10H2. The average Bonchev–Trinajstić information content (AvgIpc) is 2.72. The van der Waals surface area contributed by atoms with E-state index in [1.54, 1.807) is 0 Å². The van der Waals surface area contributed by atoms with Gasteiger partial charge in [-0.3, -0.25) is 14.3 Å². The molecular weight excluding hydrogens is 482 g/mol. The summed E-state index contributed by atoms with van der Waals surface area (Å²) in [7, 11) is 0. The molecule has 0 aliphatic carbocycles. The molecule has 0 spiro atoms. The Morgan fingerprint density at radius 3 is 2.52 bits per heavy atom. The molecule has 33 heavy (non-hydrogen) atoms. The minimum Gasteiger partial charge on any atom is -0.356 e. The second-order valence-corrected chi connectivity index (χ2v) is 8.20. The van der Waals surface area contributed by atoms with Gasteiger partial charge in [-0.2, -0.15) is 5.26 Å².